The van der Waals surface area contributed by atoms with Crippen molar-refractivity contribution < 1.29 is 12.8 Å². The van der Waals surface area contributed by atoms with E-state index in [1.165, 1.54) is 0 Å². The maximum absolute atomic E-state index is 12.6. The normalized spacial score (nSPS) is 17.2. The number of nitrogens with zero attached hydrogens (tertiary/aromatic N) is 2. The van der Waals surface area contributed by atoms with Crippen molar-refractivity contribution in [2.75, 3.05) is 6.54 Å². The maximum Gasteiger partial charge on any atom is 0.217 e. The van der Waals surface area contributed by atoms with E-state index in [4.69, 9.17) is 4.42 Å². The van der Waals surface area contributed by atoms with Gasteiger partial charge in [-0.25, -0.2) is 8.42 Å². The minimum atomic E-state index is -3.27. The Labute approximate surface area is 136 Å². The van der Waals surface area contributed by atoms with E-state index >= 15 is 0 Å². The minimum absolute atomic E-state index is 0.364. The van der Waals surface area contributed by atoms with Crippen molar-refractivity contribution in [3.05, 3.63) is 28.8 Å². The van der Waals surface area contributed by atoms with Crippen LogP contribution in [0.25, 0.3) is 11.3 Å². The quantitative estimate of drug-likeness (QED) is 0.930. The van der Waals surface area contributed by atoms with E-state index in [-0.39, 0.29) is 5.25 Å². The van der Waals surface area contributed by atoms with Crippen molar-refractivity contribution in [3.63, 3.8) is 0 Å². The fourth-order valence-electron chi connectivity index (χ4n) is 3.04. The molecule has 0 saturated heterocycles. The van der Waals surface area contributed by atoms with Gasteiger partial charge in [0.15, 0.2) is 0 Å². The minimum Gasteiger partial charge on any atom is -0.466 e. The molecule has 23 heavy (non-hydrogen) atoms. The van der Waals surface area contributed by atoms with Crippen LogP contribution in [0.1, 0.15) is 43.0 Å². The maximum atomic E-state index is 12.6. The summed E-state index contributed by atoms with van der Waals surface area (Å²) in [7, 11) is -3.27. The van der Waals surface area contributed by atoms with Gasteiger partial charge in [-0.2, -0.15) is 9.40 Å². The molecule has 126 valence electrons. The van der Waals surface area contributed by atoms with E-state index in [1.54, 1.807) is 11.2 Å². The topological polar surface area (TPSA) is 79.2 Å². The molecule has 1 aliphatic rings. The second-order valence-corrected chi connectivity index (χ2v) is 8.55. The van der Waals surface area contributed by atoms with E-state index in [2.05, 4.69) is 10.2 Å². The second-order valence-electron chi connectivity index (χ2n) is 6.20. The average molecular weight is 337 g/mol. The number of hydrogen-bond donors (Lipinski definition) is 1. The molecule has 1 atom stereocenters. The summed E-state index contributed by atoms with van der Waals surface area (Å²) in [6.45, 7) is 8.35. The summed E-state index contributed by atoms with van der Waals surface area (Å²) in [5, 5.41) is 7.12. The summed E-state index contributed by atoms with van der Waals surface area (Å²) in [4.78, 5) is 0. The summed E-state index contributed by atoms with van der Waals surface area (Å²) in [5.74, 6) is 1.63. The molecule has 0 fully saturated rings. The van der Waals surface area contributed by atoms with E-state index in [0.717, 1.165) is 34.0 Å². The molecule has 2 aromatic rings. The van der Waals surface area contributed by atoms with Gasteiger partial charge >= 0.3 is 0 Å². The van der Waals surface area contributed by atoms with Crippen LogP contribution in [0.5, 0.6) is 0 Å². The Bertz CT molecular complexity index is 820. The van der Waals surface area contributed by atoms with E-state index in [9.17, 15) is 8.42 Å². The molecule has 1 N–H and O–H groups in total. The van der Waals surface area contributed by atoms with Crippen LogP contribution in [0, 0.1) is 13.8 Å². The van der Waals surface area contributed by atoms with Crippen LogP contribution in [0.3, 0.4) is 0 Å². The van der Waals surface area contributed by atoms with Gasteiger partial charge < -0.3 is 4.42 Å². The lowest BCUT2D eigenvalue weighted by Gasteiger charge is -2.28. The molecule has 6 nitrogen and oxygen atoms in total. The lowest BCUT2D eigenvalue weighted by molar-refractivity contribution is 0.384. The first kappa shape index (κ1) is 16.3. The number of sulfonamides is 1. The highest BCUT2D eigenvalue weighted by atomic mass is 32.2. The van der Waals surface area contributed by atoms with Gasteiger partial charge in [0.25, 0.3) is 0 Å². The van der Waals surface area contributed by atoms with E-state index < -0.39 is 10.0 Å². The Kier molecular flexibility index (Phi) is 4.10. The first-order valence-corrected chi connectivity index (χ1v) is 9.47. The molecule has 0 bridgehead atoms. The summed E-state index contributed by atoms with van der Waals surface area (Å²) in [5.41, 5.74) is 3.72. The smallest absolute Gasteiger partial charge is 0.217 e. The zero-order valence-corrected chi connectivity index (χ0v) is 14.8. The van der Waals surface area contributed by atoms with Crippen LogP contribution >= 0.6 is 0 Å². The SMILES string of the molecule is CC[C@H](C)S(=O)(=O)N1CCc2[nH]nc(-c3cc(C)oc3C)c2C1. The number of aryl methyl sites for hydroxylation is 2. The fraction of sp³-hybridized carbons (Fsp3) is 0.562. The fourth-order valence-corrected chi connectivity index (χ4v) is 4.63. The predicted molar refractivity (Wildman–Crippen MR) is 88.6 cm³/mol. The van der Waals surface area contributed by atoms with Crippen LogP contribution in [0.4, 0.5) is 0 Å². The van der Waals surface area contributed by atoms with Gasteiger partial charge in [0.05, 0.1) is 5.25 Å². The highest BCUT2D eigenvalue weighted by molar-refractivity contribution is 7.89. The number of furan rings is 1. The van der Waals surface area contributed by atoms with Crippen molar-refractivity contribution in [1.29, 1.82) is 0 Å². The average Bonchev–Trinajstić information content (AvgIpc) is 3.08. The molecule has 0 radical (unpaired) electrons. The standard InChI is InChI=1S/C16H23N3O3S/c1-5-11(3)23(20,21)19-7-6-15-14(9-19)16(18-17-15)13-8-10(2)22-12(13)4/h8,11H,5-7,9H2,1-4H3,(H,17,18)/t11-/m0/s1. The van der Waals surface area contributed by atoms with Gasteiger partial charge in [-0.15, -0.1) is 0 Å². The summed E-state index contributed by atoms with van der Waals surface area (Å²) < 4.78 is 32.5. The molecule has 0 amide bonds. The molecule has 0 spiro atoms. The van der Waals surface area contributed by atoms with Crippen molar-refractivity contribution in [2.45, 2.75) is 52.3 Å². The Morgan fingerprint density at radius 3 is 2.78 bits per heavy atom. The van der Waals surface area contributed by atoms with Gasteiger partial charge in [-0.3, -0.25) is 5.10 Å². The van der Waals surface area contributed by atoms with Crippen LogP contribution < -0.4 is 0 Å². The first-order chi connectivity index (χ1) is 10.8. The number of aromatic amines is 1. The van der Waals surface area contributed by atoms with Crippen LogP contribution in [-0.2, 0) is 23.0 Å². The van der Waals surface area contributed by atoms with Gasteiger partial charge in [-0.05, 0) is 33.3 Å². The highest BCUT2D eigenvalue weighted by Crippen LogP contribution is 2.33. The Balaban J connectivity index is 1.98. The third-order valence-corrected chi connectivity index (χ3v) is 7.02. The molecule has 0 saturated carbocycles. The van der Waals surface area contributed by atoms with Crippen LogP contribution in [-0.4, -0.2) is 34.7 Å². The van der Waals surface area contributed by atoms with Crippen molar-refractivity contribution in [3.8, 4) is 11.3 Å². The Morgan fingerprint density at radius 2 is 2.17 bits per heavy atom. The molecule has 3 heterocycles. The monoisotopic (exact) mass is 337 g/mol. The zero-order chi connectivity index (χ0) is 16.8. The number of fused-ring (bicyclic) bond motifs is 1. The summed E-state index contributed by atoms with van der Waals surface area (Å²) >= 11 is 0. The van der Waals surface area contributed by atoms with Gasteiger partial charge in [-0.1, -0.05) is 6.92 Å². The van der Waals surface area contributed by atoms with Crippen LogP contribution in [0.15, 0.2) is 10.5 Å². The molecule has 0 aromatic carbocycles. The first-order valence-electron chi connectivity index (χ1n) is 7.97. The number of hydrogen-bond acceptors (Lipinski definition) is 4. The largest absolute Gasteiger partial charge is 0.466 e. The summed E-state index contributed by atoms with van der Waals surface area (Å²) in [6.07, 6.45) is 1.28. The van der Waals surface area contributed by atoms with Crippen molar-refractivity contribution >= 4 is 10.0 Å². The molecule has 0 unspecified atom stereocenters. The van der Waals surface area contributed by atoms with Crippen molar-refractivity contribution in [2.24, 2.45) is 0 Å². The second kappa shape index (κ2) is 5.79. The number of nitrogens with one attached hydrogen (secondary N) is 1. The molecule has 3 rings (SSSR count). The zero-order valence-electron chi connectivity index (χ0n) is 14.0. The lowest BCUT2D eigenvalue weighted by atomic mass is 10.0. The highest BCUT2D eigenvalue weighted by Gasteiger charge is 2.33. The van der Waals surface area contributed by atoms with Gasteiger partial charge in [0, 0.05) is 36.3 Å². The molecular formula is C16H23N3O3S. The molecule has 0 aliphatic carbocycles. The van der Waals surface area contributed by atoms with Gasteiger partial charge in [0.1, 0.15) is 17.2 Å². The van der Waals surface area contributed by atoms with E-state index in [1.807, 2.05) is 26.8 Å². The number of aromatic nitrogens is 2. The number of H-pyrrole nitrogens is 1. The molecular weight excluding hydrogens is 314 g/mol. The van der Waals surface area contributed by atoms with Crippen LogP contribution in [0.2, 0.25) is 0 Å². The Morgan fingerprint density at radius 1 is 1.43 bits per heavy atom. The molecule has 1 aliphatic heterocycles. The van der Waals surface area contributed by atoms with E-state index in [0.29, 0.717) is 25.9 Å². The third kappa shape index (κ3) is 2.72. The number of rotatable bonds is 4. The third-order valence-electron chi connectivity index (χ3n) is 4.64. The lowest BCUT2D eigenvalue weighted by Crippen LogP contribution is -2.40. The summed E-state index contributed by atoms with van der Waals surface area (Å²) in [6, 6.07) is 1.95. The predicted octanol–water partition coefficient (Wildman–Crippen LogP) is 2.77. The molecule has 2 aromatic heterocycles. The van der Waals surface area contributed by atoms with Crippen molar-refractivity contribution in [1.82, 2.24) is 14.5 Å². The van der Waals surface area contributed by atoms with Gasteiger partial charge in [0.2, 0.25) is 10.0 Å². The molecule has 7 heteroatoms. The Hall–Kier alpha value is -1.60.